The number of rotatable bonds is 4. The highest BCUT2D eigenvalue weighted by atomic mass is 35.5. The minimum absolute atomic E-state index is 0.647. The van der Waals surface area contributed by atoms with E-state index in [2.05, 4.69) is 17.6 Å². The molecule has 4 heteroatoms. The van der Waals surface area contributed by atoms with E-state index in [4.69, 9.17) is 28.2 Å². The van der Waals surface area contributed by atoms with Gasteiger partial charge >= 0.3 is 0 Å². The summed E-state index contributed by atoms with van der Waals surface area (Å²) in [6, 6.07) is 13.8. The summed E-state index contributed by atoms with van der Waals surface area (Å²) in [7, 11) is 0. The molecule has 2 nitrogen and oxygen atoms in total. The Kier molecular flexibility index (Phi) is 4.18. The van der Waals surface area contributed by atoms with Crippen LogP contribution in [0.5, 0.6) is 0 Å². The highest BCUT2D eigenvalue weighted by Crippen LogP contribution is 2.27. The van der Waals surface area contributed by atoms with Crippen molar-refractivity contribution in [3.8, 4) is 0 Å². The van der Waals surface area contributed by atoms with Crippen molar-refractivity contribution in [1.29, 1.82) is 0 Å². The first-order valence-electron chi connectivity index (χ1n) is 7.07. The van der Waals surface area contributed by atoms with Crippen LogP contribution in [0.4, 0.5) is 0 Å². The van der Waals surface area contributed by atoms with Gasteiger partial charge in [0, 0.05) is 22.0 Å². The molecule has 0 aliphatic rings. The molecule has 0 aliphatic heterocycles. The lowest BCUT2D eigenvalue weighted by Gasteiger charge is -2.12. The molecule has 1 aromatic heterocycles. The summed E-state index contributed by atoms with van der Waals surface area (Å²) in [4.78, 5) is 4.73. The van der Waals surface area contributed by atoms with Crippen molar-refractivity contribution in [2.75, 3.05) is 0 Å². The SMILES string of the molecule is CCCc1nc2ccccc2n1Cc1c(Cl)cccc1Cl. The maximum Gasteiger partial charge on any atom is 0.110 e. The Hall–Kier alpha value is -1.51. The fourth-order valence-corrected chi connectivity index (χ4v) is 3.07. The van der Waals surface area contributed by atoms with E-state index in [0.29, 0.717) is 16.6 Å². The lowest BCUT2D eigenvalue weighted by Crippen LogP contribution is -2.06. The van der Waals surface area contributed by atoms with Gasteiger partial charge in [-0.3, -0.25) is 0 Å². The van der Waals surface area contributed by atoms with Gasteiger partial charge in [-0.1, -0.05) is 48.3 Å². The predicted molar refractivity (Wildman–Crippen MR) is 89.3 cm³/mol. The van der Waals surface area contributed by atoms with Crippen LogP contribution in [0.2, 0.25) is 10.0 Å². The van der Waals surface area contributed by atoms with E-state index < -0.39 is 0 Å². The molecule has 0 atom stereocenters. The molecular weight excluding hydrogens is 303 g/mol. The molecule has 108 valence electrons. The maximum absolute atomic E-state index is 6.31. The van der Waals surface area contributed by atoms with Crippen LogP contribution in [0.25, 0.3) is 11.0 Å². The van der Waals surface area contributed by atoms with Gasteiger partial charge in [0.2, 0.25) is 0 Å². The molecule has 0 amide bonds. The smallest absolute Gasteiger partial charge is 0.110 e. The predicted octanol–water partition coefficient (Wildman–Crippen LogP) is 5.34. The van der Waals surface area contributed by atoms with E-state index in [1.807, 2.05) is 36.4 Å². The van der Waals surface area contributed by atoms with Gasteiger partial charge in [0.1, 0.15) is 5.82 Å². The minimum atomic E-state index is 0.647. The summed E-state index contributed by atoms with van der Waals surface area (Å²) in [5.41, 5.74) is 3.09. The first kappa shape index (κ1) is 14.4. The van der Waals surface area contributed by atoms with Gasteiger partial charge < -0.3 is 4.57 Å². The van der Waals surface area contributed by atoms with Crippen LogP contribution in [0.3, 0.4) is 0 Å². The number of hydrogen-bond donors (Lipinski definition) is 0. The first-order valence-corrected chi connectivity index (χ1v) is 7.83. The van der Waals surface area contributed by atoms with Crippen LogP contribution in [0.15, 0.2) is 42.5 Å². The quantitative estimate of drug-likeness (QED) is 0.634. The second-order valence-corrected chi connectivity index (χ2v) is 5.87. The summed E-state index contributed by atoms with van der Waals surface area (Å²) in [5, 5.41) is 1.39. The number of nitrogens with zero attached hydrogens (tertiary/aromatic N) is 2. The number of halogens is 2. The van der Waals surface area contributed by atoms with Crippen LogP contribution < -0.4 is 0 Å². The van der Waals surface area contributed by atoms with E-state index in [9.17, 15) is 0 Å². The fraction of sp³-hybridized carbons (Fsp3) is 0.235. The Balaban J connectivity index is 2.12. The number of imidazole rings is 1. The van der Waals surface area contributed by atoms with E-state index >= 15 is 0 Å². The largest absolute Gasteiger partial charge is 0.323 e. The molecular formula is C17H16Cl2N2. The molecule has 0 aliphatic carbocycles. The second-order valence-electron chi connectivity index (χ2n) is 5.05. The number of hydrogen-bond acceptors (Lipinski definition) is 1. The molecule has 0 unspecified atom stereocenters. The van der Waals surface area contributed by atoms with Crippen molar-refractivity contribution < 1.29 is 0 Å². The monoisotopic (exact) mass is 318 g/mol. The normalized spacial score (nSPS) is 11.2. The average molecular weight is 319 g/mol. The van der Waals surface area contributed by atoms with Crippen LogP contribution >= 0.6 is 23.2 Å². The molecule has 1 heterocycles. The number of fused-ring (bicyclic) bond motifs is 1. The van der Waals surface area contributed by atoms with Gasteiger partial charge in [-0.15, -0.1) is 0 Å². The fourth-order valence-electron chi connectivity index (χ4n) is 2.56. The van der Waals surface area contributed by atoms with Crippen molar-refractivity contribution in [2.24, 2.45) is 0 Å². The van der Waals surface area contributed by atoms with Gasteiger partial charge in [0.05, 0.1) is 17.6 Å². The van der Waals surface area contributed by atoms with Crippen molar-refractivity contribution in [1.82, 2.24) is 9.55 Å². The summed E-state index contributed by atoms with van der Waals surface area (Å²) >= 11 is 12.6. The van der Waals surface area contributed by atoms with E-state index in [0.717, 1.165) is 35.3 Å². The van der Waals surface area contributed by atoms with Crippen LogP contribution in [-0.4, -0.2) is 9.55 Å². The summed E-state index contributed by atoms with van der Waals surface area (Å²) < 4.78 is 2.21. The first-order chi connectivity index (χ1) is 10.2. The minimum Gasteiger partial charge on any atom is -0.323 e. The Morgan fingerprint density at radius 2 is 1.71 bits per heavy atom. The van der Waals surface area contributed by atoms with Crippen LogP contribution in [0.1, 0.15) is 24.7 Å². The second kappa shape index (κ2) is 6.08. The Bertz CT molecular complexity index is 757. The Morgan fingerprint density at radius 1 is 1.00 bits per heavy atom. The lowest BCUT2D eigenvalue weighted by molar-refractivity contribution is 0.722. The van der Waals surface area contributed by atoms with Gasteiger partial charge in [-0.2, -0.15) is 0 Å². The van der Waals surface area contributed by atoms with Gasteiger partial charge in [-0.05, 0) is 30.7 Å². The molecule has 0 fully saturated rings. The lowest BCUT2D eigenvalue weighted by atomic mass is 10.2. The zero-order chi connectivity index (χ0) is 14.8. The molecule has 3 aromatic rings. The van der Waals surface area contributed by atoms with Crippen LogP contribution in [-0.2, 0) is 13.0 Å². The number of aryl methyl sites for hydroxylation is 1. The van der Waals surface area contributed by atoms with E-state index in [-0.39, 0.29) is 0 Å². The van der Waals surface area contributed by atoms with E-state index in [1.54, 1.807) is 0 Å². The Labute approximate surface area is 134 Å². The molecule has 0 bridgehead atoms. The van der Waals surface area contributed by atoms with E-state index in [1.165, 1.54) is 0 Å². The van der Waals surface area contributed by atoms with Gasteiger partial charge in [-0.25, -0.2) is 4.98 Å². The number of para-hydroxylation sites is 2. The topological polar surface area (TPSA) is 17.8 Å². The maximum atomic E-state index is 6.31. The molecule has 0 saturated heterocycles. The molecule has 2 aromatic carbocycles. The molecule has 0 N–H and O–H groups in total. The molecule has 3 rings (SSSR count). The van der Waals surface area contributed by atoms with Crippen molar-refractivity contribution >= 4 is 34.2 Å². The zero-order valence-electron chi connectivity index (χ0n) is 11.8. The van der Waals surface area contributed by atoms with Crippen LogP contribution in [0, 0.1) is 0 Å². The van der Waals surface area contributed by atoms with Gasteiger partial charge in [0.15, 0.2) is 0 Å². The molecule has 0 spiro atoms. The van der Waals surface area contributed by atoms with Crippen molar-refractivity contribution in [3.63, 3.8) is 0 Å². The molecule has 21 heavy (non-hydrogen) atoms. The number of benzene rings is 2. The third-order valence-electron chi connectivity index (χ3n) is 3.59. The van der Waals surface area contributed by atoms with Crippen molar-refractivity contribution in [3.05, 3.63) is 63.9 Å². The Morgan fingerprint density at radius 3 is 2.43 bits per heavy atom. The average Bonchev–Trinajstić information content (AvgIpc) is 2.81. The third kappa shape index (κ3) is 2.78. The zero-order valence-corrected chi connectivity index (χ0v) is 13.3. The van der Waals surface area contributed by atoms with Crippen molar-refractivity contribution in [2.45, 2.75) is 26.3 Å². The highest BCUT2D eigenvalue weighted by Gasteiger charge is 2.13. The summed E-state index contributed by atoms with van der Waals surface area (Å²) in [5.74, 6) is 1.08. The van der Waals surface area contributed by atoms with Gasteiger partial charge in [0.25, 0.3) is 0 Å². The summed E-state index contributed by atoms with van der Waals surface area (Å²) in [6.07, 6.45) is 2.00. The number of aromatic nitrogens is 2. The highest BCUT2D eigenvalue weighted by molar-refractivity contribution is 6.36. The molecule has 0 radical (unpaired) electrons. The molecule has 0 saturated carbocycles. The summed E-state index contributed by atoms with van der Waals surface area (Å²) in [6.45, 7) is 2.81. The standard InChI is InChI=1S/C17H16Cl2N2/c1-2-6-17-20-15-9-3-4-10-16(15)21(17)11-12-13(18)7-5-8-14(12)19/h3-5,7-10H,2,6,11H2,1H3. The third-order valence-corrected chi connectivity index (χ3v) is 4.29.